The molecule has 0 unspecified atom stereocenters. The highest BCUT2D eigenvalue weighted by molar-refractivity contribution is 5.48. The van der Waals surface area contributed by atoms with Gasteiger partial charge in [-0.05, 0) is 26.3 Å². The van der Waals surface area contributed by atoms with Crippen molar-refractivity contribution in [2.24, 2.45) is 0 Å². The molecule has 16 heavy (non-hydrogen) atoms. The molecule has 0 amide bonds. The van der Waals surface area contributed by atoms with Crippen LogP contribution in [0.15, 0.2) is 42.6 Å². The van der Waals surface area contributed by atoms with E-state index in [-0.39, 0.29) is 5.41 Å². The van der Waals surface area contributed by atoms with E-state index in [1.165, 1.54) is 22.5 Å². The van der Waals surface area contributed by atoms with Gasteiger partial charge in [0.05, 0.1) is 5.41 Å². The topological polar surface area (TPSA) is 3.88 Å². The molecule has 0 bridgehead atoms. The number of para-hydroxylation sites is 1. The van der Waals surface area contributed by atoms with Crippen LogP contribution in [0.5, 0.6) is 0 Å². The van der Waals surface area contributed by atoms with E-state index in [1.807, 2.05) is 0 Å². The molecule has 0 fully saturated rings. The molecule has 0 saturated carbocycles. The standard InChI is InChI=1S/C15H16N/c1-11-8-9-16-13-7-5-4-6-12(13)15(2,3)14(16)10-11/h4-10H,1-3H3/q+1. The molecule has 1 aliphatic heterocycles. The van der Waals surface area contributed by atoms with Crippen molar-refractivity contribution in [1.29, 1.82) is 0 Å². The summed E-state index contributed by atoms with van der Waals surface area (Å²) in [5, 5.41) is 0. The summed E-state index contributed by atoms with van der Waals surface area (Å²) in [6.45, 7) is 6.74. The number of nitrogens with zero attached hydrogens (tertiary/aromatic N) is 1. The first-order valence-corrected chi connectivity index (χ1v) is 5.73. The fourth-order valence-electron chi connectivity index (χ4n) is 2.65. The molecule has 0 atom stereocenters. The molecule has 0 radical (unpaired) electrons. The zero-order valence-corrected chi connectivity index (χ0v) is 9.99. The lowest BCUT2D eigenvalue weighted by Gasteiger charge is -2.13. The molecule has 1 aromatic heterocycles. The summed E-state index contributed by atoms with van der Waals surface area (Å²) < 4.78 is 2.31. The molecule has 2 aromatic rings. The van der Waals surface area contributed by atoms with E-state index in [9.17, 15) is 0 Å². The molecule has 0 spiro atoms. The summed E-state index contributed by atoms with van der Waals surface area (Å²) in [7, 11) is 0. The second kappa shape index (κ2) is 2.94. The van der Waals surface area contributed by atoms with Crippen molar-refractivity contribution in [3.63, 3.8) is 0 Å². The lowest BCUT2D eigenvalue weighted by atomic mass is 9.83. The van der Waals surface area contributed by atoms with Crippen LogP contribution < -0.4 is 4.57 Å². The minimum absolute atomic E-state index is 0.114. The Morgan fingerprint density at radius 1 is 1.06 bits per heavy atom. The van der Waals surface area contributed by atoms with E-state index in [0.717, 1.165) is 0 Å². The van der Waals surface area contributed by atoms with Crippen molar-refractivity contribution in [3.8, 4) is 5.69 Å². The minimum atomic E-state index is 0.114. The van der Waals surface area contributed by atoms with Crippen LogP contribution in [0.2, 0.25) is 0 Å². The summed E-state index contributed by atoms with van der Waals surface area (Å²) in [5.74, 6) is 0. The van der Waals surface area contributed by atoms with E-state index in [0.29, 0.717) is 0 Å². The number of rotatable bonds is 0. The summed E-state index contributed by atoms with van der Waals surface area (Å²) in [5.41, 5.74) is 5.56. The monoisotopic (exact) mass is 210 g/mol. The molecule has 0 saturated heterocycles. The molecule has 80 valence electrons. The van der Waals surface area contributed by atoms with Gasteiger partial charge < -0.3 is 0 Å². The lowest BCUT2D eigenvalue weighted by Crippen LogP contribution is -2.34. The number of benzene rings is 1. The second-order valence-corrected chi connectivity index (χ2v) is 5.10. The van der Waals surface area contributed by atoms with Gasteiger partial charge in [-0.2, -0.15) is 4.57 Å². The predicted molar refractivity (Wildman–Crippen MR) is 64.8 cm³/mol. The normalized spacial score (nSPS) is 15.7. The first-order chi connectivity index (χ1) is 7.60. The van der Waals surface area contributed by atoms with Gasteiger partial charge in [-0.1, -0.05) is 18.2 Å². The average Bonchev–Trinajstić information content (AvgIpc) is 2.49. The smallest absolute Gasteiger partial charge is 0.163 e. The number of aromatic nitrogens is 1. The molecule has 1 heteroatoms. The van der Waals surface area contributed by atoms with Crippen molar-refractivity contribution in [2.45, 2.75) is 26.2 Å². The van der Waals surface area contributed by atoms with Crippen molar-refractivity contribution in [3.05, 3.63) is 59.4 Å². The van der Waals surface area contributed by atoms with E-state index < -0.39 is 0 Å². The number of hydrogen-bond donors (Lipinski definition) is 0. The van der Waals surface area contributed by atoms with Gasteiger partial charge in [0, 0.05) is 23.8 Å². The van der Waals surface area contributed by atoms with Crippen LogP contribution >= 0.6 is 0 Å². The Kier molecular flexibility index (Phi) is 1.76. The summed E-state index contributed by atoms with van der Waals surface area (Å²) in [4.78, 5) is 0. The van der Waals surface area contributed by atoms with Crippen LogP contribution in [0.25, 0.3) is 5.69 Å². The third-order valence-electron chi connectivity index (χ3n) is 3.59. The molecule has 1 nitrogen and oxygen atoms in total. The number of pyridine rings is 1. The van der Waals surface area contributed by atoms with Crippen molar-refractivity contribution in [2.75, 3.05) is 0 Å². The zero-order chi connectivity index (χ0) is 11.3. The van der Waals surface area contributed by atoms with Crippen LogP contribution in [0.1, 0.15) is 30.7 Å². The number of aryl methyl sites for hydroxylation is 1. The molecule has 0 N–H and O–H groups in total. The molecule has 1 aromatic carbocycles. The molecular formula is C15H16N+. The fourth-order valence-corrected chi connectivity index (χ4v) is 2.65. The van der Waals surface area contributed by atoms with Crippen LogP contribution in [0.4, 0.5) is 0 Å². The van der Waals surface area contributed by atoms with E-state index in [2.05, 4.69) is 67.9 Å². The van der Waals surface area contributed by atoms with E-state index >= 15 is 0 Å². The van der Waals surface area contributed by atoms with Gasteiger partial charge in [0.25, 0.3) is 0 Å². The fraction of sp³-hybridized carbons (Fsp3) is 0.267. The Morgan fingerprint density at radius 2 is 1.81 bits per heavy atom. The highest BCUT2D eigenvalue weighted by Crippen LogP contribution is 2.37. The Bertz CT molecular complexity index is 567. The number of fused-ring (bicyclic) bond motifs is 3. The summed E-state index contributed by atoms with van der Waals surface area (Å²) >= 11 is 0. The molecule has 1 aliphatic rings. The van der Waals surface area contributed by atoms with Gasteiger partial charge in [-0.25, -0.2) is 0 Å². The maximum absolute atomic E-state index is 2.31. The van der Waals surface area contributed by atoms with Crippen molar-refractivity contribution in [1.82, 2.24) is 0 Å². The van der Waals surface area contributed by atoms with Gasteiger partial charge in [0.1, 0.15) is 0 Å². The van der Waals surface area contributed by atoms with Crippen molar-refractivity contribution >= 4 is 0 Å². The minimum Gasteiger partial charge on any atom is -0.163 e. The predicted octanol–water partition coefficient (Wildman–Crippen LogP) is 2.91. The average molecular weight is 210 g/mol. The van der Waals surface area contributed by atoms with Gasteiger partial charge in [-0.15, -0.1) is 0 Å². The molecule has 0 aliphatic carbocycles. The van der Waals surface area contributed by atoms with E-state index in [4.69, 9.17) is 0 Å². The molecule has 3 rings (SSSR count). The summed E-state index contributed by atoms with van der Waals surface area (Å²) in [6.07, 6.45) is 2.18. The molecule has 2 heterocycles. The largest absolute Gasteiger partial charge is 0.215 e. The Labute approximate surface area is 96.4 Å². The Balaban J connectivity index is 2.39. The van der Waals surface area contributed by atoms with Crippen LogP contribution in [-0.2, 0) is 5.41 Å². The highest BCUT2D eigenvalue weighted by atomic mass is 15.0. The second-order valence-electron chi connectivity index (χ2n) is 5.10. The maximum Gasteiger partial charge on any atom is 0.215 e. The Morgan fingerprint density at radius 3 is 2.62 bits per heavy atom. The quantitative estimate of drug-likeness (QED) is 0.589. The van der Waals surface area contributed by atoms with Crippen LogP contribution in [-0.4, -0.2) is 0 Å². The Hall–Kier alpha value is -1.63. The van der Waals surface area contributed by atoms with Gasteiger partial charge in [0.2, 0.25) is 5.69 Å². The summed E-state index contributed by atoms with van der Waals surface area (Å²) in [6, 6.07) is 13.1. The van der Waals surface area contributed by atoms with Gasteiger partial charge in [-0.3, -0.25) is 0 Å². The zero-order valence-electron chi connectivity index (χ0n) is 9.99. The number of hydrogen-bond acceptors (Lipinski definition) is 0. The van der Waals surface area contributed by atoms with Crippen molar-refractivity contribution < 1.29 is 4.57 Å². The van der Waals surface area contributed by atoms with Gasteiger partial charge >= 0.3 is 0 Å². The lowest BCUT2D eigenvalue weighted by molar-refractivity contribution is -0.599. The third-order valence-corrected chi connectivity index (χ3v) is 3.59. The molecular weight excluding hydrogens is 194 g/mol. The van der Waals surface area contributed by atoms with Crippen LogP contribution in [0, 0.1) is 6.92 Å². The van der Waals surface area contributed by atoms with E-state index in [1.54, 1.807) is 0 Å². The SMILES string of the molecule is Cc1cc[n+]2c(c1)C(C)(C)c1ccccc1-2. The highest BCUT2D eigenvalue weighted by Gasteiger charge is 2.42. The maximum atomic E-state index is 2.31. The third kappa shape index (κ3) is 1.09. The van der Waals surface area contributed by atoms with Crippen LogP contribution in [0.3, 0.4) is 0 Å². The van der Waals surface area contributed by atoms with Gasteiger partial charge in [0.15, 0.2) is 11.9 Å². The first-order valence-electron chi connectivity index (χ1n) is 5.73. The first kappa shape index (κ1) is 9.59.